The van der Waals surface area contributed by atoms with E-state index in [0.717, 1.165) is 20.7 Å². The van der Waals surface area contributed by atoms with Gasteiger partial charge in [0.05, 0.1) is 5.69 Å². The van der Waals surface area contributed by atoms with E-state index in [0.29, 0.717) is 24.4 Å². The van der Waals surface area contributed by atoms with Crippen molar-refractivity contribution in [2.75, 3.05) is 6.54 Å². The number of hydrogen-bond donors (Lipinski definition) is 1. The van der Waals surface area contributed by atoms with Gasteiger partial charge in [-0.1, -0.05) is 15.9 Å². The molecule has 0 atom stereocenters. The summed E-state index contributed by atoms with van der Waals surface area (Å²) in [7, 11) is 0. The lowest BCUT2D eigenvalue weighted by molar-refractivity contribution is 0.0954. The first-order valence-corrected chi connectivity index (χ1v) is 9.90. The Morgan fingerprint density at radius 3 is 2.63 bits per heavy atom. The van der Waals surface area contributed by atoms with Crippen molar-refractivity contribution in [1.82, 2.24) is 19.9 Å². The average molecular weight is 445 g/mol. The summed E-state index contributed by atoms with van der Waals surface area (Å²) in [6.45, 7) is 0.493. The molecule has 0 aliphatic heterocycles. The summed E-state index contributed by atoms with van der Waals surface area (Å²) in [5.41, 5.74) is 2.35. The quantitative estimate of drug-likeness (QED) is 0.498. The fourth-order valence-electron chi connectivity index (χ4n) is 2.63. The van der Waals surface area contributed by atoms with E-state index >= 15 is 0 Å². The third kappa shape index (κ3) is 3.91. The van der Waals surface area contributed by atoms with Crippen LogP contribution in [0.15, 0.2) is 58.4 Å². The number of rotatable bonds is 5. The summed E-state index contributed by atoms with van der Waals surface area (Å²) in [4.78, 5) is 17.4. The van der Waals surface area contributed by atoms with Gasteiger partial charge in [-0.15, -0.1) is 16.4 Å². The van der Waals surface area contributed by atoms with Crippen molar-refractivity contribution < 1.29 is 9.18 Å². The summed E-state index contributed by atoms with van der Waals surface area (Å²) in [6, 6.07) is 13.3. The summed E-state index contributed by atoms with van der Waals surface area (Å²) in [5, 5.41) is 9.41. The van der Waals surface area contributed by atoms with Gasteiger partial charge >= 0.3 is 0 Å². The Morgan fingerprint density at radius 1 is 1.15 bits per heavy atom. The first-order valence-electron chi connectivity index (χ1n) is 8.23. The number of benzene rings is 2. The minimum Gasteiger partial charge on any atom is -0.352 e. The highest BCUT2D eigenvalue weighted by molar-refractivity contribution is 9.10. The van der Waals surface area contributed by atoms with Crippen molar-refractivity contribution in [1.29, 1.82) is 0 Å². The molecule has 2 aromatic carbocycles. The van der Waals surface area contributed by atoms with Gasteiger partial charge < -0.3 is 5.32 Å². The Balaban J connectivity index is 1.44. The van der Waals surface area contributed by atoms with Gasteiger partial charge in [0.15, 0.2) is 5.82 Å². The SMILES string of the molecule is O=C(NCCc1csc2nc(-c3ccc(F)cc3)nn12)c1ccc(Br)cc1. The molecule has 0 aliphatic rings. The van der Waals surface area contributed by atoms with Crippen LogP contribution in [-0.2, 0) is 6.42 Å². The van der Waals surface area contributed by atoms with Crippen LogP contribution >= 0.6 is 27.3 Å². The number of thiazole rings is 1. The molecule has 8 heteroatoms. The van der Waals surface area contributed by atoms with Gasteiger partial charge in [-0.25, -0.2) is 8.91 Å². The predicted molar refractivity (Wildman–Crippen MR) is 106 cm³/mol. The maximum Gasteiger partial charge on any atom is 0.251 e. The summed E-state index contributed by atoms with van der Waals surface area (Å²) < 4.78 is 15.8. The molecular weight excluding hydrogens is 431 g/mol. The number of amides is 1. The van der Waals surface area contributed by atoms with Crippen LogP contribution in [0.5, 0.6) is 0 Å². The Labute approximate surface area is 167 Å². The lowest BCUT2D eigenvalue weighted by atomic mass is 10.2. The predicted octanol–water partition coefficient (Wildman–Crippen LogP) is 4.33. The largest absolute Gasteiger partial charge is 0.352 e. The molecule has 5 nitrogen and oxygen atoms in total. The monoisotopic (exact) mass is 444 g/mol. The first-order chi connectivity index (χ1) is 13.1. The molecule has 0 bridgehead atoms. The average Bonchev–Trinajstić information content (AvgIpc) is 3.24. The Bertz CT molecular complexity index is 1090. The van der Waals surface area contributed by atoms with Gasteiger partial charge in [-0.05, 0) is 48.5 Å². The molecule has 1 amide bonds. The van der Waals surface area contributed by atoms with E-state index in [9.17, 15) is 9.18 Å². The topological polar surface area (TPSA) is 59.3 Å². The van der Waals surface area contributed by atoms with Gasteiger partial charge in [0.25, 0.3) is 5.91 Å². The van der Waals surface area contributed by atoms with Crippen LogP contribution in [0, 0.1) is 5.82 Å². The second-order valence-corrected chi connectivity index (χ2v) is 7.63. The van der Waals surface area contributed by atoms with E-state index in [4.69, 9.17) is 0 Å². The normalized spacial score (nSPS) is 11.0. The van der Waals surface area contributed by atoms with E-state index in [1.165, 1.54) is 23.5 Å². The molecule has 2 aromatic heterocycles. The number of halogens is 2. The van der Waals surface area contributed by atoms with Gasteiger partial charge in [0.1, 0.15) is 5.82 Å². The molecule has 0 fully saturated rings. The molecule has 136 valence electrons. The third-order valence-electron chi connectivity index (χ3n) is 4.03. The maximum absolute atomic E-state index is 13.1. The zero-order chi connectivity index (χ0) is 18.8. The maximum atomic E-state index is 13.1. The second kappa shape index (κ2) is 7.58. The van der Waals surface area contributed by atoms with E-state index in [1.807, 2.05) is 17.5 Å². The molecule has 0 spiro atoms. The van der Waals surface area contributed by atoms with Crippen LogP contribution < -0.4 is 5.32 Å². The highest BCUT2D eigenvalue weighted by Crippen LogP contribution is 2.21. The lowest BCUT2D eigenvalue weighted by Crippen LogP contribution is -2.25. The first kappa shape index (κ1) is 17.8. The van der Waals surface area contributed by atoms with Crippen molar-refractivity contribution in [3.8, 4) is 11.4 Å². The Morgan fingerprint density at radius 2 is 1.89 bits per heavy atom. The fraction of sp³-hybridized carbons (Fsp3) is 0.105. The van der Waals surface area contributed by atoms with Gasteiger partial charge in [-0.3, -0.25) is 4.79 Å². The number of carbonyl (C=O) groups is 1. The number of carbonyl (C=O) groups excluding carboxylic acids is 1. The molecule has 27 heavy (non-hydrogen) atoms. The zero-order valence-electron chi connectivity index (χ0n) is 14.0. The number of nitrogens with one attached hydrogen (secondary N) is 1. The van der Waals surface area contributed by atoms with Crippen LogP contribution in [0.2, 0.25) is 0 Å². The van der Waals surface area contributed by atoms with Crippen LogP contribution in [0.1, 0.15) is 16.1 Å². The second-order valence-electron chi connectivity index (χ2n) is 5.88. The van der Waals surface area contributed by atoms with Crippen LogP contribution in [0.4, 0.5) is 4.39 Å². The van der Waals surface area contributed by atoms with Crippen molar-refractivity contribution in [3.05, 3.63) is 75.5 Å². The van der Waals surface area contributed by atoms with Crippen LogP contribution in [-0.4, -0.2) is 27.0 Å². The summed E-state index contributed by atoms with van der Waals surface area (Å²) >= 11 is 4.84. The third-order valence-corrected chi connectivity index (χ3v) is 5.42. The smallest absolute Gasteiger partial charge is 0.251 e. The molecule has 4 aromatic rings. The zero-order valence-corrected chi connectivity index (χ0v) is 16.4. The molecule has 4 rings (SSSR count). The standard InChI is InChI=1S/C19H14BrFN4OS/c20-14-5-1-13(2-6-14)18(26)22-10-9-16-11-27-19-23-17(24-25(16)19)12-3-7-15(21)8-4-12/h1-8,11H,9-10H2,(H,22,26). The Hall–Kier alpha value is -2.58. The van der Waals surface area contributed by atoms with E-state index in [2.05, 4.69) is 31.3 Å². The minimum atomic E-state index is -0.290. The number of aromatic nitrogens is 3. The molecule has 0 saturated heterocycles. The molecule has 2 heterocycles. The highest BCUT2D eigenvalue weighted by atomic mass is 79.9. The number of nitrogens with zero attached hydrogens (tertiary/aromatic N) is 3. The highest BCUT2D eigenvalue weighted by Gasteiger charge is 2.12. The van der Waals surface area contributed by atoms with Crippen molar-refractivity contribution in [3.63, 3.8) is 0 Å². The van der Waals surface area contributed by atoms with Crippen LogP contribution in [0.25, 0.3) is 16.3 Å². The van der Waals surface area contributed by atoms with Crippen molar-refractivity contribution in [2.24, 2.45) is 0 Å². The van der Waals surface area contributed by atoms with Crippen molar-refractivity contribution >= 4 is 38.1 Å². The fourth-order valence-corrected chi connectivity index (χ4v) is 3.75. The molecule has 1 N–H and O–H groups in total. The van der Waals surface area contributed by atoms with Crippen molar-refractivity contribution in [2.45, 2.75) is 6.42 Å². The van der Waals surface area contributed by atoms with E-state index in [1.54, 1.807) is 28.8 Å². The molecule has 0 saturated carbocycles. The van der Waals surface area contributed by atoms with E-state index < -0.39 is 0 Å². The molecule has 0 radical (unpaired) electrons. The molecule has 0 unspecified atom stereocenters. The molecule has 0 aliphatic carbocycles. The summed E-state index contributed by atoms with van der Waals surface area (Å²) in [5.74, 6) is 0.156. The van der Waals surface area contributed by atoms with E-state index in [-0.39, 0.29) is 11.7 Å². The van der Waals surface area contributed by atoms with Crippen LogP contribution in [0.3, 0.4) is 0 Å². The number of fused-ring (bicyclic) bond motifs is 1. The Kier molecular flexibility index (Phi) is 5.00. The van der Waals surface area contributed by atoms with Gasteiger partial charge in [-0.2, -0.15) is 4.98 Å². The lowest BCUT2D eigenvalue weighted by Gasteiger charge is -2.04. The van der Waals surface area contributed by atoms with Gasteiger partial charge in [0.2, 0.25) is 4.96 Å². The summed E-state index contributed by atoms with van der Waals surface area (Å²) in [6.07, 6.45) is 0.633. The molecular formula is C19H14BrFN4OS. The van der Waals surface area contributed by atoms with Gasteiger partial charge in [0, 0.05) is 33.9 Å². The number of hydrogen-bond acceptors (Lipinski definition) is 4. The minimum absolute atomic E-state index is 0.112.